The molecule has 1 aliphatic carbocycles. The summed E-state index contributed by atoms with van der Waals surface area (Å²) in [7, 11) is 2.01. The standard InChI is InChI=1S/C14H24N4/c1-3-14-11(9-17(2)16-14)8-15-12-6-7-18(10-12)13-4-5-13/h9,12-13,15H,3-8,10H2,1-2H3. The third kappa shape index (κ3) is 2.59. The van der Waals surface area contributed by atoms with Crippen LogP contribution in [0.1, 0.15) is 37.4 Å². The molecule has 1 N–H and O–H groups in total. The second-order valence-electron chi connectivity index (χ2n) is 5.72. The highest BCUT2D eigenvalue weighted by molar-refractivity contribution is 5.16. The van der Waals surface area contributed by atoms with E-state index in [9.17, 15) is 0 Å². The van der Waals surface area contributed by atoms with E-state index in [1.165, 1.54) is 43.6 Å². The average Bonchev–Trinajstić information content (AvgIpc) is 2.99. The minimum absolute atomic E-state index is 0.676. The van der Waals surface area contributed by atoms with Crippen molar-refractivity contribution in [3.63, 3.8) is 0 Å². The van der Waals surface area contributed by atoms with E-state index in [4.69, 9.17) is 0 Å². The van der Waals surface area contributed by atoms with Gasteiger partial charge in [-0.2, -0.15) is 5.10 Å². The van der Waals surface area contributed by atoms with Crippen LogP contribution in [0.5, 0.6) is 0 Å². The fraction of sp³-hybridized carbons (Fsp3) is 0.786. The van der Waals surface area contributed by atoms with Gasteiger partial charge in [0.1, 0.15) is 0 Å². The molecule has 1 aliphatic heterocycles. The fourth-order valence-electron chi connectivity index (χ4n) is 3.01. The zero-order chi connectivity index (χ0) is 12.5. The Labute approximate surface area is 109 Å². The molecule has 2 aliphatic rings. The Morgan fingerprint density at radius 3 is 2.94 bits per heavy atom. The van der Waals surface area contributed by atoms with Gasteiger partial charge >= 0.3 is 0 Å². The highest BCUT2D eigenvalue weighted by Crippen LogP contribution is 2.29. The molecule has 4 nitrogen and oxygen atoms in total. The molecule has 3 rings (SSSR count). The number of rotatable bonds is 5. The zero-order valence-electron chi connectivity index (χ0n) is 11.5. The first-order valence-corrected chi connectivity index (χ1v) is 7.25. The SMILES string of the molecule is CCc1nn(C)cc1CNC1CCN(C2CC2)C1. The Balaban J connectivity index is 1.51. The van der Waals surface area contributed by atoms with Gasteiger partial charge in [0.25, 0.3) is 0 Å². The summed E-state index contributed by atoms with van der Waals surface area (Å²) < 4.78 is 1.93. The Kier molecular flexibility index (Phi) is 3.39. The molecule has 1 saturated carbocycles. The van der Waals surface area contributed by atoms with E-state index in [1.54, 1.807) is 0 Å². The zero-order valence-corrected chi connectivity index (χ0v) is 11.5. The Morgan fingerprint density at radius 1 is 1.39 bits per heavy atom. The molecule has 100 valence electrons. The van der Waals surface area contributed by atoms with Crippen LogP contribution in [0.3, 0.4) is 0 Å². The van der Waals surface area contributed by atoms with Crippen LogP contribution < -0.4 is 5.32 Å². The van der Waals surface area contributed by atoms with Gasteiger partial charge in [-0.3, -0.25) is 9.58 Å². The van der Waals surface area contributed by atoms with E-state index in [-0.39, 0.29) is 0 Å². The quantitative estimate of drug-likeness (QED) is 0.853. The molecule has 4 heteroatoms. The first kappa shape index (κ1) is 12.2. The lowest BCUT2D eigenvalue weighted by Crippen LogP contribution is -2.33. The van der Waals surface area contributed by atoms with E-state index in [1.807, 2.05) is 11.7 Å². The lowest BCUT2D eigenvalue weighted by Gasteiger charge is -2.15. The average molecular weight is 248 g/mol. The summed E-state index contributed by atoms with van der Waals surface area (Å²) in [6.45, 7) is 5.68. The normalized spacial score (nSPS) is 24.9. The molecule has 1 unspecified atom stereocenters. The predicted molar refractivity (Wildman–Crippen MR) is 72.4 cm³/mol. The molecule has 0 amide bonds. The fourth-order valence-corrected chi connectivity index (χ4v) is 3.01. The van der Waals surface area contributed by atoms with Gasteiger partial charge in [-0.1, -0.05) is 6.92 Å². The number of aryl methyl sites for hydroxylation is 2. The van der Waals surface area contributed by atoms with Crippen LogP contribution in [-0.4, -0.2) is 39.9 Å². The van der Waals surface area contributed by atoms with Crippen molar-refractivity contribution in [2.75, 3.05) is 13.1 Å². The lowest BCUT2D eigenvalue weighted by atomic mass is 10.2. The van der Waals surface area contributed by atoms with Crippen molar-refractivity contribution in [3.8, 4) is 0 Å². The summed E-state index contributed by atoms with van der Waals surface area (Å²) in [5.74, 6) is 0. The number of nitrogens with zero attached hydrogens (tertiary/aromatic N) is 3. The largest absolute Gasteiger partial charge is 0.308 e. The van der Waals surface area contributed by atoms with Crippen molar-refractivity contribution in [2.24, 2.45) is 7.05 Å². The topological polar surface area (TPSA) is 33.1 Å². The van der Waals surface area contributed by atoms with Gasteiger partial charge in [-0.15, -0.1) is 0 Å². The first-order chi connectivity index (χ1) is 8.76. The molecule has 1 aromatic rings. The van der Waals surface area contributed by atoms with E-state index in [0.717, 1.165) is 19.0 Å². The van der Waals surface area contributed by atoms with Crippen molar-refractivity contribution >= 4 is 0 Å². The van der Waals surface area contributed by atoms with E-state index < -0.39 is 0 Å². The van der Waals surface area contributed by atoms with Crippen LogP contribution in [0.25, 0.3) is 0 Å². The van der Waals surface area contributed by atoms with Crippen LogP contribution in [-0.2, 0) is 20.0 Å². The second-order valence-corrected chi connectivity index (χ2v) is 5.72. The van der Waals surface area contributed by atoms with Gasteiger partial charge in [-0.05, 0) is 25.7 Å². The van der Waals surface area contributed by atoms with Gasteiger partial charge in [0.2, 0.25) is 0 Å². The molecular weight excluding hydrogens is 224 g/mol. The third-order valence-electron chi connectivity index (χ3n) is 4.19. The number of aromatic nitrogens is 2. The summed E-state index contributed by atoms with van der Waals surface area (Å²) in [5, 5.41) is 8.20. The van der Waals surface area contributed by atoms with E-state index >= 15 is 0 Å². The Hall–Kier alpha value is -0.870. The maximum absolute atomic E-state index is 4.49. The molecule has 0 aromatic carbocycles. The van der Waals surface area contributed by atoms with Gasteiger partial charge in [0.15, 0.2) is 0 Å². The maximum Gasteiger partial charge on any atom is 0.0666 e. The molecular formula is C14H24N4. The number of hydrogen-bond acceptors (Lipinski definition) is 3. The maximum atomic E-state index is 4.49. The molecule has 2 fully saturated rings. The summed E-state index contributed by atoms with van der Waals surface area (Å²) in [5.41, 5.74) is 2.60. The number of likely N-dealkylation sites (tertiary alicyclic amines) is 1. The smallest absolute Gasteiger partial charge is 0.0666 e. The number of hydrogen-bond donors (Lipinski definition) is 1. The summed E-state index contributed by atoms with van der Waals surface area (Å²) in [6.07, 6.45) is 7.33. The van der Waals surface area contributed by atoms with Crippen LogP contribution in [0.15, 0.2) is 6.20 Å². The monoisotopic (exact) mass is 248 g/mol. The third-order valence-corrected chi connectivity index (χ3v) is 4.19. The highest BCUT2D eigenvalue weighted by Gasteiger charge is 2.34. The minimum atomic E-state index is 0.676. The van der Waals surface area contributed by atoms with Crippen molar-refractivity contribution in [2.45, 2.75) is 51.2 Å². The Bertz CT molecular complexity index is 408. The first-order valence-electron chi connectivity index (χ1n) is 7.25. The molecule has 1 atom stereocenters. The molecule has 0 radical (unpaired) electrons. The summed E-state index contributed by atoms with van der Waals surface area (Å²) >= 11 is 0. The molecule has 1 aromatic heterocycles. The minimum Gasteiger partial charge on any atom is -0.308 e. The summed E-state index contributed by atoms with van der Waals surface area (Å²) in [6, 6.07) is 1.59. The highest BCUT2D eigenvalue weighted by atomic mass is 15.3. The molecule has 18 heavy (non-hydrogen) atoms. The molecule has 1 saturated heterocycles. The van der Waals surface area contributed by atoms with Gasteiger partial charge in [0.05, 0.1) is 5.69 Å². The van der Waals surface area contributed by atoms with Gasteiger partial charge in [-0.25, -0.2) is 0 Å². The predicted octanol–water partition coefficient (Wildman–Crippen LogP) is 1.31. The molecule has 0 spiro atoms. The van der Waals surface area contributed by atoms with E-state index in [2.05, 4.69) is 28.4 Å². The van der Waals surface area contributed by atoms with E-state index in [0.29, 0.717) is 6.04 Å². The second kappa shape index (κ2) is 5.02. The van der Waals surface area contributed by atoms with Gasteiger partial charge in [0, 0.05) is 50.5 Å². The van der Waals surface area contributed by atoms with Crippen LogP contribution >= 0.6 is 0 Å². The van der Waals surface area contributed by atoms with Gasteiger partial charge < -0.3 is 5.32 Å². The van der Waals surface area contributed by atoms with Crippen LogP contribution in [0.4, 0.5) is 0 Å². The van der Waals surface area contributed by atoms with Crippen LogP contribution in [0, 0.1) is 0 Å². The lowest BCUT2D eigenvalue weighted by molar-refractivity contribution is 0.317. The van der Waals surface area contributed by atoms with Crippen molar-refractivity contribution in [3.05, 3.63) is 17.5 Å². The van der Waals surface area contributed by atoms with Crippen molar-refractivity contribution < 1.29 is 0 Å². The van der Waals surface area contributed by atoms with Crippen molar-refractivity contribution in [1.29, 1.82) is 0 Å². The Morgan fingerprint density at radius 2 is 2.22 bits per heavy atom. The summed E-state index contributed by atoms with van der Waals surface area (Å²) in [4.78, 5) is 2.65. The van der Waals surface area contributed by atoms with Crippen LogP contribution in [0.2, 0.25) is 0 Å². The van der Waals surface area contributed by atoms with Crippen molar-refractivity contribution in [1.82, 2.24) is 20.0 Å². The molecule has 0 bridgehead atoms. The number of nitrogens with one attached hydrogen (secondary N) is 1. The molecule has 2 heterocycles.